The number of fused-ring (bicyclic) bond motifs is 1. The predicted octanol–water partition coefficient (Wildman–Crippen LogP) is 2.80. The fraction of sp³-hybridized carbons (Fsp3) is 0.143. The summed E-state index contributed by atoms with van der Waals surface area (Å²) in [5.41, 5.74) is 1.47. The van der Waals surface area contributed by atoms with Gasteiger partial charge < -0.3 is 4.74 Å². The van der Waals surface area contributed by atoms with E-state index in [2.05, 4.69) is 31.0 Å². The molecule has 0 amide bonds. The number of rotatable bonds is 3. The Balaban J connectivity index is 1.84. The summed E-state index contributed by atoms with van der Waals surface area (Å²) in [5.74, 6) is -0.474. The van der Waals surface area contributed by atoms with Crippen molar-refractivity contribution in [1.29, 1.82) is 0 Å². The average Bonchev–Trinajstić information content (AvgIpc) is 2.91. The minimum atomic E-state index is -0.474. The first kappa shape index (κ1) is 13.7. The van der Waals surface area contributed by atoms with Crippen molar-refractivity contribution in [2.24, 2.45) is 0 Å². The van der Waals surface area contributed by atoms with E-state index in [0.717, 1.165) is 4.47 Å². The van der Waals surface area contributed by atoms with Gasteiger partial charge in [0, 0.05) is 18.6 Å². The predicted molar refractivity (Wildman–Crippen MR) is 78.8 cm³/mol. The Bertz CT molecular complexity index is 788. The molecule has 3 heterocycles. The van der Waals surface area contributed by atoms with Gasteiger partial charge in [-0.2, -0.15) is 5.10 Å². The molecule has 3 rings (SSSR count). The van der Waals surface area contributed by atoms with Crippen LogP contribution in [0.25, 0.3) is 5.65 Å². The lowest BCUT2D eigenvalue weighted by atomic mass is 10.2. The zero-order valence-corrected chi connectivity index (χ0v) is 12.7. The number of hydrogen-bond donors (Lipinski definition) is 0. The largest absolute Gasteiger partial charge is 0.452 e. The first-order valence-corrected chi connectivity index (χ1v) is 7.05. The van der Waals surface area contributed by atoms with Gasteiger partial charge in [0.05, 0.1) is 16.4 Å². The molecule has 106 valence electrons. The summed E-state index contributed by atoms with van der Waals surface area (Å²) >= 11 is 3.30. The van der Waals surface area contributed by atoms with E-state index in [0.29, 0.717) is 16.9 Å². The second-order valence-electron chi connectivity index (χ2n) is 4.40. The highest BCUT2D eigenvalue weighted by Crippen LogP contribution is 2.18. The molecular formula is C14H11BrN4O2. The topological polar surface area (TPSA) is 69.4 Å². The number of hydrogen-bond acceptors (Lipinski definition) is 5. The van der Waals surface area contributed by atoms with Crippen LogP contribution >= 0.6 is 15.9 Å². The zero-order chi connectivity index (χ0) is 14.8. The van der Waals surface area contributed by atoms with E-state index >= 15 is 0 Å². The lowest BCUT2D eigenvalue weighted by Gasteiger charge is -2.11. The van der Waals surface area contributed by atoms with Gasteiger partial charge in [0.2, 0.25) is 0 Å². The third-order valence-corrected chi connectivity index (χ3v) is 3.34. The van der Waals surface area contributed by atoms with Crippen LogP contribution in [0.5, 0.6) is 0 Å². The van der Waals surface area contributed by atoms with Crippen LogP contribution in [0, 0.1) is 0 Å². The Morgan fingerprint density at radius 3 is 2.95 bits per heavy atom. The summed E-state index contributed by atoms with van der Waals surface area (Å²) in [5, 5.41) is 4.09. The van der Waals surface area contributed by atoms with Gasteiger partial charge >= 0.3 is 5.97 Å². The van der Waals surface area contributed by atoms with Crippen molar-refractivity contribution >= 4 is 27.5 Å². The summed E-state index contributed by atoms with van der Waals surface area (Å²) in [6.07, 6.45) is 6.00. The molecule has 0 saturated heterocycles. The second kappa shape index (κ2) is 5.61. The van der Waals surface area contributed by atoms with Crippen molar-refractivity contribution in [3.05, 3.63) is 58.7 Å². The Morgan fingerprint density at radius 2 is 2.19 bits per heavy atom. The summed E-state index contributed by atoms with van der Waals surface area (Å²) in [6, 6.07) is 5.47. The van der Waals surface area contributed by atoms with Crippen molar-refractivity contribution in [3.63, 3.8) is 0 Å². The fourth-order valence-electron chi connectivity index (χ4n) is 1.90. The highest BCUT2D eigenvalue weighted by atomic mass is 79.9. The van der Waals surface area contributed by atoms with Crippen LogP contribution in [-0.4, -0.2) is 25.6 Å². The first-order valence-electron chi connectivity index (χ1n) is 6.26. The van der Waals surface area contributed by atoms with Crippen molar-refractivity contribution in [2.75, 3.05) is 0 Å². The summed E-state index contributed by atoms with van der Waals surface area (Å²) < 4.78 is 7.71. The maximum Gasteiger partial charge on any atom is 0.344 e. The van der Waals surface area contributed by atoms with Gasteiger partial charge in [-0.15, -0.1) is 0 Å². The number of aromatic nitrogens is 4. The molecule has 21 heavy (non-hydrogen) atoms. The van der Waals surface area contributed by atoms with Crippen LogP contribution < -0.4 is 0 Å². The van der Waals surface area contributed by atoms with E-state index in [1.165, 1.54) is 10.7 Å². The Morgan fingerprint density at radius 1 is 1.33 bits per heavy atom. The normalized spacial score (nSPS) is 12.3. The average molecular weight is 347 g/mol. The Kier molecular flexibility index (Phi) is 3.66. The van der Waals surface area contributed by atoms with Gasteiger partial charge in [0.25, 0.3) is 0 Å². The van der Waals surface area contributed by atoms with Crippen molar-refractivity contribution in [2.45, 2.75) is 13.0 Å². The molecule has 0 aliphatic carbocycles. The third-order valence-electron chi connectivity index (χ3n) is 2.93. The first-order chi connectivity index (χ1) is 10.1. The van der Waals surface area contributed by atoms with Gasteiger partial charge in [0.1, 0.15) is 11.7 Å². The van der Waals surface area contributed by atoms with E-state index in [4.69, 9.17) is 4.74 Å². The van der Waals surface area contributed by atoms with Gasteiger partial charge in [0.15, 0.2) is 5.65 Å². The molecule has 0 spiro atoms. The lowest BCUT2D eigenvalue weighted by molar-refractivity contribution is 0.0331. The van der Waals surface area contributed by atoms with Gasteiger partial charge in [-0.1, -0.05) is 6.07 Å². The van der Waals surface area contributed by atoms with Gasteiger partial charge in [-0.05, 0) is 35.0 Å². The number of nitrogens with zero attached hydrogens (tertiary/aromatic N) is 4. The van der Waals surface area contributed by atoms with Gasteiger partial charge in [-0.3, -0.25) is 4.98 Å². The van der Waals surface area contributed by atoms with Crippen LogP contribution in [-0.2, 0) is 4.74 Å². The van der Waals surface area contributed by atoms with Crippen LogP contribution in [0.15, 0.2) is 47.5 Å². The van der Waals surface area contributed by atoms with Crippen molar-refractivity contribution in [3.8, 4) is 0 Å². The molecule has 0 aliphatic heterocycles. The smallest absolute Gasteiger partial charge is 0.344 e. The van der Waals surface area contributed by atoms with E-state index in [9.17, 15) is 4.79 Å². The van der Waals surface area contributed by atoms with Crippen LogP contribution in [0.1, 0.15) is 29.1 Å². The minimum absolute atomic E-state index is 0.324. The Hall–Kier alpha value is -2.28. The summed E-state index contributed by atoms with van der Waals surface area (Å²) in [4.78, 5) is 20.6. The maximum absolute atomic E-state index is 12.2. The molecule has 0 radical (unpaired) electrons. The number of esters is 1. The fourth-order valence-corrected chi connectivity index (χ4v) is 2.19. The van der Waals surface area contributed by atoms with Crippen molar-refractivity contribution < 1.29 is 9.53 Å². The van der Waals surface area contributed by atoms with Crippen LogP contribution in [0.3, 0.4) is 0 Å². The molecule has 0 bridgehead atoms. The summed E-state index contributed by atoms with van der Waals surface area (Å²) in [6.45, 7) is 1.77. The number of pyridine rings is 1. The van der Waals surface area contributed by atoms with E-state index in [1.54, 1.807) is 25.5 Å². The highest BCUT2D eigenvalue weighted by molar-refractivity contribution is 9.10. The molecule has 3 aromatic heterocycles. The zero-order valence-electron chi connectivity index (χ0n) is 11.1. The van der Waals surface area contributed by atoms with E-state index in [1.807, 2.05) is 18.2 Å². The molecule has 7 heteroatoms. The monoisotopic (exact) mass is 346 g/mol. The maximum atomic E-state index is 12.2. The standard InChI is InChI=1S/C14H11BrN4O2/c1-9(12-4-2-3-5-16-12)21-14(20)11-7-18-19-8-10(15)6-17-13(11)19/h2-9H,1H3/t9-/m1/s1. The molecule has 0 aromatic carbocycles. The molecule has 0 aliphatic rings. The summed E-state index contributed by atoms with van der Waals surface area (Å²) in [7, 11) is 0. The molecule has 0 saturated carbocycles. The van der Waals surface area contributed by atoms with Gasteiger partial charge in [-0.25, -0.2) is 14.3 Å². The molecule has 6 nitrogen and oxygen atoms in total. The van der Waals surface area contributed by atoms with E-state index in [-0.39, 0.29) is 0 Å². The molecule has 0 fully saturated rings. The number of carbonyl (C=O) groups is 1. The van der Waals surface area contributed by atoms with Crippen molar-refractivity contribution in [1.82, 2.24) is 19.6 Å². The third kappa shape index (κ3) is 2.78. The number of ether oxygens (including phenoxy) is 1. The molecule has 0 unspecified atom stereocenters. The van der Waals surface area contributed by atoms with E-state index < -0.39 is 12.1 Å². The van der Waals surface area contributed by atoms with Crippen LogP contribution in [0.4, 0.5) is 0 Å². The number of carbonyl (C=O) groups excluding carboxylic acids is 1. The molecular weight excluding hydrogens is 336 g/mol. The Labute approximate surface area is 128 Å². The van der Waals surface area contributed by atoms with Crippen LogP contribution in [0.2, 0.25) is 0 Å². The molecule has 0 N–H and O–H groups in total. The lowest BCUT2D eigenvalue weighted by Crippen LogP contribution is -2.10. The minimum Gasteiger partial charge on any atom is -0.452 e. The quantitative estimate of drug-likeness (QED) is 0.682. The second-order valence-corrected chi connectivity index (χ2v) is 5.32. The molecule has 3 aromatic rings. The highest BCUT2D eigenvalue weighted by Gasteiger charge is 2.19. The molecule has 1 atom stereocenters. The number of halogens is 1. The SMILES string of the molecule is C[C@@H](OC(=O)c1cnn2cc(Br)cnc12)c1ccccn1.